The third-order valence-electron chi connectivity index (χ3n) is 3.14. The van der Waals surface area contributed by atoms with E-state index in [1.165, 1.54) is 0 Å². The van der Waals surface area contributed by atoms with Crippen LogP contribution in [0.15, 0.2) is 30.3 Å². The molecular weight excluding hydrogens is 246 g/mol. The van der Waals surface area contributed by atoms with Crippen LogP contribution in [-0.2, 0) is 4.74 Å². The molecule has 1 atom stereocenters. The summed E-state index contributed by atoms with van der Waals surface area (Å²) >= 11 is 5.42. The van der Waals surface area contributed by atoms with Crippen molar-refractivity contribution in [3.63, 3.8) is 0 Å². The number of benzene rings is 1. The molecule has 96 valence electrons. The Kier molecular flexibility index (Phi) is 4.44. The van der Waals surface area contributed by atoms with E-state index in [0.29, 0.717) is 13.2 Å². The predicted molar refractivity (Wildman–Crippen MR) is 74.9 cm³/mol. The van der Waals surface area contributed by atoms with E-state index in [1.807, 2.05) is 37.3 Å². The van der Waals surface area contributed by atoms with Gasteiger partial charge in [-0.1, -0.05) is 42.5 Å². The fourth-order valence-electron chi connectivity index (χ4n) is 2.02. The Bertz CT molecular complexity index is 427. The molecule has 1 unspecified atom stereocenters. The molecule has 1 aliphatic heterocycles. The van der Waals surface area contributed by atoms with Crippen molar-refractivity contribution in [2.45, 2.75) is 6.92 Å². The summed E-state index contributed by atoms with van der Waals surface area (Å²) in [5, 5.41) is 0. The van der Waals surface area contributed by atoms with Gasteiger partial charge in [0.15, 0.2) is 5.78 Å². The van der Waals surface area contributed by atoms with Gasteiger partial charge >= 0.3 is 0 Å². The monoisotopic (exact) mass is 263 g/mol. The topological polar surface area (TPSA) is 29.5 Å². The van der Waals surface area contributed by atoms with E-state index in [0.717, 1.165) is 23.6 Å². The first-order valence-electron chi connectivity index (χ1n) is 6.16. The quantitative estimate of drug-likeness (QED) is 0.617. The van der Waals surface area contributed by atoms with Gasteiger partial charge in [0.25, 0.3) is 0 Å². The summed E-state index contributed by atoms with van der Waals surface area (Å²) in [6, 6.07) is 9.32. The molecule has 2 rings (SSSR count). The highest BCUT2D eigenvalue weighted by Gasteiger charge is 2.24. The molecule has 0 radical (unpaired) electrons. The first-order valence-corrected chi connectivity index (χ1v) is 6.57. The zero-order valence-electron chi connectivity index (χ0n) is 10.5. The number of thiocarbonyl (C=S) groups is 1. The molecule has 0 spiro atoms. The molecule has 4 heteroatoms. The first-order chi connectivity index (χ1) is 8.70. The highest BCUT2D eigenvalue weighted by molar-refractivity contribution is 7.80. The highest BCUT2D eigenvalue weighted by atomic mass is 32.1. The number of carbonyl (C=O) groups is 1. The van der Waals surface area contributed by atoms with Crippen molar-refractivity contribution in [2.75, 3.05) is 26.3 Å². The summed E-state index contributed by atoms with van der Waals surface area (Å²) in [5.74, 6) is -0.160. The Hall–Kier alpha value is -1.26. The number of ketones is 1. The number of carbonyl (C=O) groups excluding carboxylic acids is 1. The molecule has 0 saturated carbocycles. The molecule has 1 heterocycles. The second-order valence-electron chi connectivity index (χ2n) is 4.39. The lowest BCUT2D eigenvalue weighted by atomic mass is 9.98. The van der Waals surface area contributed by atoms with E-state index < -0.39 is 0 Å². The Morgan fingerprint density at radius 2 is 1.89 bits per heavy atom. The summed E-state index contributed by atoms with van der Waals surface area (Å²) in [4.78, 5) is 15.1. The fraction of sp³-hybridized carbons (Fsp3) is 0.429. The van der Waals surface area contributed by atoms with Crippen LogP contribution in [0.1, 0.15) is 17.3 Å². The zero-order valence-corrected chi connectivity index (χ0v) is 11.3. The largest absolute Gasteiger partial charge is 0.378 e. The standard InChI is InChI=1S/C14H17NO2S/c1-11(13(16)12-5-3-2-4-6-12)14(18)15-7-9-17-10-8-15/h2-6,11H,7-10H2,1H3. The van der Waals surface area contributed by atoms with Gasteiger partial charge in [0.1, 0.15) is 0 Å². The Morgan fingerprint density at radius 3 is 2.50 bits per heavy atom. The number of hydrogen-bond acceptors (Lipinski definition) is 3. The van der Waals surface area contributed by atoms with Crippen LogP contribution >= 0.6 is 12.2 Å². The second kappa shape index (κ2) is 6.07. The maximum absolute atomic E-state index is 12.3. The molecule has 3 nitrogen and oxygen atoms in total. The van der Waals surface area contributed by atoms with Crippen molar-refractivity contribution in [2.24, 2.45) is 5.92 Å². The maximum atomic E-state index is 12.3. The first kappa shape index (κ1) is 13.2. The molecule has 1 aliphatic rings. The average molecular weight is 263 g/mol. The van der Waals surface area contributed by atoms with E-state index >= 15 is 0 Å². The summed E-state index contributed by atoms with van der Waals surface area (Å²) < 4.78 is 5.29. The third kappa shape index (κ3) is 2.94. The minimum absolute atomic E-state index is 0.0899. The minimum Gasteiger partial charge on any atom is -0.378 e. The van der Waals surface area contributed by atoms with Gasteiger partial charge in [-0.2, -0.15) is 0 Å². The van der Waals surface area contributed by atoms with Gasteiger partial charge in [-0.05, 0) is 6.92 Å². The van der Waals surface area contributed by atoms with Crippen LogP contribution in [0.2, 0.25) is 0 Å². The van der Waals surface area contributed by atoms with Crippen molar-refractivity contribution >= 4 is 23.0 Å². The lowest BCUT2D eigenvalue weighted by Crippen LogP contribution is -2.43. The van der Waals surface area contributed by atoms with Crippen molar-refractivity contribution < 1.29 is 9.53 Å². The second-order valence-corrected chi connectivity index (χ2v) is 4.81. The third-order valence-corrected chi connectivity index (χ3v) is 3.76. The Labute approximate surface area is 113 Å². The van der Waals surface area contributed by atoms with Crippen LogP contribution in [0.25, 0.3) is 0 Å². The molecule has 18 heavy (non-hydrogen) atoms. The molecule has 1 aromatic carbocycles. The Morgan fingerprint density at radius 1 is 1.28 bits per heavy atom. The van der Waals surface area contributed by atoms with Crippen LogP contribution in [0.3, 0.4) is 0 Å². The number of ether oxygens (including phenoxy) is 1. The molecule has 0 N–H and O–H groups in total. The maximum Gasteiger partial charge on any atom is 0.172 e. The number of rotatable bonds is 3. The zero-order chi connectivity index (χ0) is 13.0. The van der Waals surface area contributed by atoms with Gasteiger partial charge in [-0.15, -0.1) is 0 Å². The fourth-order valence-corrected chi connectivity index (χ4v) is 2.31. The summed E-state index contributed by atoms with van der Waals surface area (Å²) in [6.07, 6.45) is 0. The van der Waals surface area contributed by atoms with Gasteiger partial charge in [0.05, 0.1) is 24.1 Å². The van der Waals surface area contributed by atoms with E-state index in [4.69, 9.17) is 17.0 Å². The summed E-state index contributed by atoms with van der Waals surface area (Å²) in [7, 11) is 0. The summed E-state index contributed by atoms with van der Waals surface area (Å²) in [6.45, 7) is 4.82. The van der Waals surface area contributed by atoms with Gasteiger partial charge < -0.3 is 9.64 Å². The number of nitrogens with zero attached hydrogens (tertiary/aromatic N) is 1. The molecule has 1 aromatic rings. The molecule has 0 amide bonds. The predicted octanol–water partition coefficient (Wildman–Crippen LogP) is 2.17. The summed E-state index contributed by atoms with van der Waals surface area (Å²) in [5.41, 5.74) is 0.723. The van der Waals surface area contributed by atoms with Crippen LogP contribution < -0.4 is 0 Å². The molecule has 0 aromatic heterocycles. The van der Waals surface area contributed by atoms with E-state index in [9.17, 15) is 4.79 Å². The van der Waals surface area contributed by atoms with Crippen molar-refractivity contribution in [1.82, 2.24) is 4.90 Å². The molecule has 0 aliphatic carbocycles. The van der Waals surface area contributed by atoms with Crippen LogP contribution in [0.4, 0.5) is 0 Å². The van der Waals surface area contributed by atoms with Crippen LogP contribution in [0.5, 0.6) is 0 Å². The molecule has 1 saturated heterocycles. The van der Waals surface area contributed by atoms with E-state index in [2.05, 4.69) is 4.90 Å². The van der Waals surface area contributed by atoms with Crippen molar-refractivity contribution in [3.8, 4) is 0 Å². The number of Topliss-reactive ketones (excluding diaryl/α,β-unsaturated/α-hetero) is 1. The Balaban J connectivity index is 2.04. The van der Waals surface area contributed by atoms with Gasteiger partial charge in [-0.3, -0.25) is 4.79 Å². The molecule has 1 fully saturated rings. The SMILES string of the molecule is CC(C(=O)c1ccccc1)C(=S)N1CCOCC1. The lowest BCUT2D eigenvalue weighted by Gasteiger charge is -2.31. The van der Waals surface area contributed by atoms with Crippen molar-refractivity contribution in [3.05, 3.63) is 35.9 Å². The average Bonchev–Trinajstić information content (AvgIpc) is 2.47. The lowest BCUT2D eigenvalue weighted by molar-refractivity contribution is 0.0663. The normalized spacial score (nSPS) is 17.3. The van der Waals surface area contributed by atoms with Gasteiger partial charge in [0.2, 0.25) is 0 Å². The number of morpholine rings is 1. The van der Waals surface area contributed by atoms with Gasteiger partial charge in [-0.25, -0.2) is 0 Å². The van der Waals surface area contributed by atoms with Crippen LogP contribution in [0, 0.1) is 5.92 Å². The minimum atomic E-state index is -0.250. The molecular formula is C14H17NO2S. The number of hydrogen-bond donors (Lipinski definition) is 0. The van der Waals surface area contributed by atoms with Crippen LogP contribution in [-0.4, -0.2) is 42.0 Å². The molecule has 0 bridgehead atoms. The highest BCUT2D eigenvalue weighted by Crippen LogP contribution is 2.14. The van der Waals surface area contributed by atoms with E-state index in [-0.39, 0.29) is 11.7 Å². The van der Waals surface area contributed by atoms with E-state index in [1.54, 1.807) is 0 Å². The van der Waals surface area contributed by atoms with Gasteiger partial charge in [0, 0.05) is 18.7 Å². The smallest absolute Gasteiger partial charge is 0.172 e. The van der Waals surface area contributed by atoms with Crippen molar-refractivity contribution in [1.29, 1.82) is 0 Å².